The van der Waals surface area contributed by atoms with E-state index in [1.165, 1.54) is 36.1 Å². The number of fused-ring (bicyclic) bond motifs is 1. The zero-order chi connectivity index (χ0) is 22.9. The van der Waals surface area contributed by atoms with Gasteiger partial charge in [-0.1, -0.05) is 24.3 Å². The molecule has 0 amide bonds. The Kier molecular flexibility index (Phi) is 6.58. The number of likely N-dealkylation sites (tertiary alicyclic amines) is 1. The molecule has 1 atom stereocenters. The van der Waals surface area contributed by atoms with Crippen LogP contribution in [0.5, 0.6) is 5.75 Å². The summed E-state index contributed by atoms with van der Waals surface area (Å²) in [5.74, 6) is 0.452. The van der Waals surface area contributed by atoms with Crippen LogP contribution in [0.3, 0.4) is 0 Å². The van der Waals surface area contributed by atoms with Gasteiger partial charge in [-0.25, -0.2) is 0 Å². The lowest BCUT2D eigenvalue weighted by Crippen LogP contribution is -2.30. The monoisotopic (exact) mass is 446 g/mol. The molecule has 0 saturated carbocycles. The van der Waals surface area contributed by atoms with Gasteiger partial charge in [0.1, 0.15) is 12.0 Å². The maximum absolute atomic E-state index is 12.4. The summed E-state index contributed by atoms with van der Waals surface area (Å²) in [4.78, 5) is 16.4. The van der Waals surface area contributed by atoms with Crippen molar-refractivity contribution < 1.29 is 22.7 Å². The number of aldehydes is 1. The highest BCUT2D eigenvalue weighted by Crippen LogP contribution is 2.37. The second-order valence-corrected chi connectivity index (χ2v) is 9.11. The lowest BCUT2D eigenvalue weighted by molar-refractivity contribution is -0.274. The number of benzene rings is 2. The molecule has 2 aliphatic heterocycles. The van der Waals surface area contributed by atoms with Crippen LogP contribution in [-0.4, -0.2) is 42.6 Å². The third-order valence-electron chi connectivity index (χ3n) is 6.63. The highest BCUT2D eigenvalue weighted by molar-refractivity contribution is 5.66. The molecule has 0 spiro atoms. The van der Waals surface area contributed by atoms with Gasteiger partial charge in [-0.2, -0.15) is 0 Å². The molecule has 7 heteroatoms. The maximum Gasteiger partial charge on any atom is 0.573 e. The van der Waals surface area contributed by atoms with Crippen molar-refractivity contribution in [3.05, 3.63) is 64.2 Å². The van der Waals surface area contributed by atoms with Crippen molar-refractivity contribution in [2.24, 2.45) is 5.92 Å². The third-order valence-corrected chi connectivity index (χ3v) is 6.63. The number of rotatable bonds is 6. The summed E-state index contributed by atoms with van der Waals surface area (Å²) in [5, 5.41) is 0. The molecule has 2 heterocycles. The Bertz CT molecular complexity index is 951. The number of halogens is 3. The predicted molar refractivity (Wildman–Crippen MR) is 116 cm³/mol. The minimum Gasteiger partial charge on any atom is -0.406 e. The van der Waals surface area contributed by atoms with Crippen LogP contribution in [-0.2, 0) is 24.3 Å². The van der Waals surface area contributed by atoms with Crippen LogP contribution >= 0.6 is 0 Å². The quantitative estimate of drug-likeness (QED) is 0.583. The Labute approximate surface area is 187 Å². The van der Waals surface area contributed by atoms with Crippen LogP contribution in [0.25, 0.3) is 0 Å². The highest BCUT2D eigenvalue weighted by atomic mass is 19.4. The number of nitrogens with zero attached hydrogens (tertiary/aromatic N) is 2. The van der Waals surface area contributed by atoms with Gasteiger partial charge in [-0.05, 0) is 92.2 Å². The molecule has 4 nitrogen and oxygen atoms in total. The van der Waals surface area contributed by atoms with Crippen LogP contribution in [0.4, 0.5) is 13.2 Å². The second-order valence-electron chi connectivity index (χ2n) is 9.11. The fourth-order valence-corrected chi connectivity index (χ4v) is 5.06. The van der Waals surface area contributed by atoms with Gasteiger partial charge in [0.25, 0.3) is 0 Å². The topological polar surface area (TPSA) is 32.8 Å². The van der Waals surface area contributed by atoms with Crippen molar-refractivity contribution in [3.63, 3.8) is 0 Å². The second kappa shape index (κ2) is 9.24. The van der Waals surface area contributed by atoms with Crippen molar-refractivity contribution in [3.8, 4) is 5.75 Å². The van der Waals surface area contributed by atoms with Gasteiger partial charge in [0.05, 0.1) is 6.04 Å². The molecule has 0 aliphatic carbocycles. The van der Waals surface area contributed by atoms with Crippen molar-refractivity contribution in [2.75, 3.05) is 20.1 Å². The number of piperidine rings is 1. The molecule has 1 saturated heterocycles. The number of ether oxygens (including phenoxy) is 1. The van der Waals surface area contributed by atoms with Gasteiger partial charge in [0, 0.05) is 13.1 Å². The molecular formula is C25H29F3N2O2. The lowest BCUT2D eigenvalue weighted by Gasteiger charge is -2.29. The van der Waals surface area contributed by atoms with E-state index in [1.807, 2.05) is 0 Å². The summed E-state index contributed by atoms with van der Waals surface area (Å²) in [6.07, 6.45) is -0.248. The highest BCUT2D eigenvalue weighted by Gasteiger charge is 2.33. The van der Waals surface area contributed by atoms with E-state index in [9.17, 15) is 18.0 Å². The molecule has 2 aliphatic rings. The van der Waals surface area contributed by atoms with E-state index in [4.69, 9.17) is 0 Å². The molecule has 1 fully saturated rings. The summed E-state index contributed by atoms with van der Waals surface area (Å²) < 4.78 is 41.1. The van der Waals surface area contributed by atoms with Gasteiger partial charge in [0.15, 0.2) is 0 Å². The molecule has 32 heavy (non-hydrogen) atoms. The summed E-state index contributed by atoms with van der Waals surface area (Å²) in [7, 11) is 2.17. The van der Waals surface area contributed by atoms with Crippen molar-refractivity contribution >= 4 is 6.29 Å². The number of carbonyl (C=O) groups excluding carboxylic acids is 1. The molecule has 2 aromatic carbocycles. The Balaban J connectivity index is 1.46. The smallest absolute Gasteiger partial charge is 0.406 e. The van der Waals surface area contributed by atoms with E-state index in [1.54, 1.807) is 12.1 Å². The minimum atomic E-state index is -4.70. The average molecular weight is 447 g/mol. The van der Waals surface area contributed by atoms with Gasteiger partial charge in [-0.15, -0.1) is 13.2 Å². The molecule has 0 radical (unpaired) electrons. The first kappa shape index (κ1) is 22.8. The summed E-state index contributed by atoms with van der Waals surface area (Å²) in [5.41, 5.74) is 5.56. The Morgan fingerprint density at radius 3 is 2.41 bits per heavy atom. The van der Waals surface area contributed by atoms with Crippen LogP contribution in [0.2, 0.25) is 0 Å². The van der Waals surface area contributed by atoms with E-state index < -0.39 is 6.36 Å². The van der Waals surface area contributed by atoms with E-state index in [0.29, 0.717) is 19.0 Å². The number of aryl methyl sites for hydroxylation is 1. The first-order chi connectivity index (χ1) is 15.2. The van der Waals surface area contributed by atoms with Gasteiger partial charge >= 0.3 is 6.36 Å². The van der Waals surface area contributed by atoms with Crippen LogP contribution < -0.4 is 4.74 Å². The van der Waals surface area contributed by atoms with Gasteiger partial charge in [-0.3, -0.25) is 4.90 Å². The number of hydrogen-bond donors (Lipinski definition) is 0. The molecule has 1 unspecified atom stereocenters. The normalized spacial score (nSPS) is 20.3. The largest absolute Gasteiger partial charge is 0.573 e. The van der Waals surface area contributed by atoms with Gasteiger partial charge < -0.3 is 14.4 Å². The van der Waals surface area contributed by atoms with Crippen molar-refractivity contribution in [1.29, 1.82) is 0 Å². The fourth-order valence-electron chi connectivity index (χ4n) is 5.06. The third kappa shape index (κ3) is 5.33. The number of alkyl halides is 3. The maximum atomic E-state index is 12.4. The molecule has 0 aromatic heterocycles. The zero-order valence-electron chi connectivity index (χ0n) is 18.5. The first-order valence-electron chi connectivity index (χ1n) is 11.1. The van der Waals surface area contributed by atoms with E-state index in [2.05, 4.69) is 40.6 Å². The average Bonchev–Trinajstić information content (AvgIpc) is 3.07. The summed E-state index contributed by atoms with van der Waals surface area (Å²) >= 11 is 0. The number of carbonyl (C=O) groups is 1. The summed E-state index contributed by atoms with van der Waals surface area (Å²) in [6, 6.07) is 9.99. The van der Waals surface area contributed by atoms with E-state index in [0.717, 1.165) is 42.5 Å². The minimum absolute atomic E-state index is 0.243. The predicted octanol–water partition coefficient (Wildman–Crippen LogP) is 5.03. The Morgan fingerprint density at radius 1 is 1.09 bits per heavy atom. The van der Waals surface area contributed by atoms with Crippen molar-refractivity contribution in [2.45, 2.75) is 51.7 Å². The molecule has 0 bridgehead atoms. The molecule has 4 rings (SSSR count). The first-order valence-corrected chi connectivity index (χ1v) is 11.1. The SMILES string of the molecule is Cc1cc(CC2CCN(C)CC2)cc2c1C(C=O)N(Cc1ccc(OC(F)(F)F)cc1)C2. The fraction of sp³-hybridized carbons (Fsp3) is 0.480. The number of hydrogen-bond acceptors (Lipinski definition) is 4. The molecule has 0 N–H and O–H groups in total. The van der Waals surface area contributed by atoms with Crippen LogP contribution in [0, 0.1) is 12.8 Å². The Hall–Kier alpha value is -2.38. The van der Waals surface area contributed by atoms with Crippen LogP contribution in [0.1, 0.15) is 46.7 Å². The standard InChI is InChI=1S/C25H29F3N2O2/c1-17-11-20(12-18-7-9-29(2)10-8-18)13-21-15-30(23(16-31)24(17)21)14-19-3-5-22(6-4-19)32-25(26,27)28/h3-6,11,13,16,18,23H,7-10,12,14-15H2,1-2H3. The summed E-state index contributed by atoms with van der Waals surface area (Å²) in [6.45, 7) is 5.49. The van der Waals surface area contributed by atoms with E-state index >= 15 is 0 Å². The zero-order valence-corrected chi connectivity index (χ0v) is 18.5. The van der Waals surface area contributed by atoms with E-state index in [-0.39, 0.29) is 11.8 Å². The molecular weight excluding hydrogens is 417 g/mol. The molecule has 172 valence electrons. The molecule has 2 aromatic rings. The Morgan fingerprint density at radius 2 is 1.78 bits per heavy atom. The van der Waals surface area contributed by atoms with Crippen molar-refractivity contribution in [1.82, 2.24) is 9.80 Å². The van der Waals surface area contributed by atoms with Gasteiger partial charge in [0.2, 0.25) is 0 Å². The lowest BCUT2D eigenvalue weighted by atomic mass is 9.88. The van der Waals surface area contributed by atoms with Crippen LogP contribution in [0.15, 0.2) is 36.4 Å².